The second kappa shape index (κ2) is 8.93. The Balaban J connectivity index is 2.32. The first-order chi connectivity index (χ1) is 12.9. The van der Waals surface area contributed by atoms with Crippen LogP contribution in [0.25, 0.3) is 11.3 Å². The van der Waals surface area contributed by atoms with Gasteiger partial charge in [0.05, 0.1) is 23.2 Å². The van der Waals surface area contributed by atoms with Crippen molar-refractivity contribution >= 4 is 35.6 Å². The van der Waals surface area contributed by atoms with Gasteiger partial charge in [0, 0.05) is 40.8 Å². The van der Waals surface area contributed by atoms with Gasteiger partial charge in [0.15, 0.2) is 0 Å². The summed E-state index contributed by atoms with van der Waals surface area (Å²) in [7, 11) is 0. The number of phenols is 1. The number of nitrogens with one attached hydrogen (secondary N) is 3. The molecule has 2 aromatic rings. The van der Waals surface area contributed by atoms with E-state index in [0.29, 0.717) is 33.2 Å². The highest BCUT2D eigenvalue weighted by Gasteiger charge is 2.17. The average Bonchev–Trinajstić information content (AvgIpc) is 3.10. The Morgan fingerprint density at radius 1 is 1.56 bits per heavy atom. The second-order valence-electron chi connectivity index (χ2n) is 5.52. The van der Waals surface area contributed by atoms with Crippen molar-refractivity contribution in [2.45, 2.75) is 6.92 Å². The molecule has 0 unspecified atom stereocenters. The van der Waals surface area contributed by atoms with Crippen molar-refractivity contribution in [3.05, 3.63) is 52.8 Å². The maximum absolute atomic E-state index is 12.6. The van der Waals surface area contributed by atoms with E-state index in [2.05, 4.69) is 27.1 Å². The molecule has 0 fully saturated rings. The van der Waals surface area contributed by atoms with E-state index >= 15 is 0 Å². The summed E-state index contributed by atoms with van der Waals surface area (Å²) in [4.78, 5) is 16.7. The maximum Gasteiger partial charge on any atom is 0.254 e. The number of aromatic hydroxyl groups is 1. The smallest absolute Gasteiger partial charge is 0.254 e. The number of allylic oxidation sites excluding steroid dienone is 2. The molecule has 0 spiro atoms. The molecule has 27 heavy (non-hydrogen) atoms. The van der Waals surface area contributed by atoms with Crippen LogP contribution in [0.2, 0.25) is 5.02 Å². The fraction of sp³-hybridized carbons (Fsp3) is 0.111. The molecule has 1 amide bonds. The average molecular weight is 387 g/mol. The SMILES string of the molecule is C=C(C=N)C=N/C(C)=C(\CN)C(=O)Nc1cn[nH]c1-c1cc(Cl)ccc1O. The zero-order valence-corrected chi connectivity index (χ0v) is 15.3. The number of hydrogen-bond donors (Lipinski definition) is 5. The number of carbonyl (C=O) groups excluding carboxylic acids is 1. The molecule has 0 aliphatic carbocycles. The zero-order chi connectivity index (χ0) is 20.0. The van der Waals surface area contributed by atoms with Crippen molar-refractivity contribution in [2.24, 2.45) is 10.7 Å². The predicted octanol–water partition coefficient (Wildman–Crippen LogP) is 2.88. The van der Waals surface area contributed by atoms with Crippen LogP contribution in [0.15, 0.2) is 52.8 Å². The third kappa shape index (κ3) is 4.90. The lowest BCUT2D eigenvalue weighted by molar-refractivity contribution is -0.112. The summed E-state index contributed by atoms with van der Waals surface area (Å²) in [5, 5.41) is 26.9. The summed E-state index contributed by atoms with van der Waals surface area (Å²) >= 11 is 5.98. The molecule has 0 aliphatic heterocycles. The number of hydrogen-bond acceptors (Lipinski definition) is 6. The van der Waals surface area contributed by atoms with Gasteiger partial charge in [0.2, 0.25) is 0 Å². The van der Waals surface area contributed by atoms with Crippen LogP contribution in [-0.2, 0) is 4.79 Å². The van der Waals surface area contributed by atoms with E-state index < -0.39 is 5.91 Å². The lowest BCUT2D eigenvalue weighted by Gasteiger charge is -2.10. The predicted molar refractivity (Wildman–Crippen MR) is 107 cm³/mol. The fourth-order valence-electron chi connectivity index (χ4n) is 2.19. The molecule has 2 rings (SSSR count). The van der Waals surface area contributed by atoms with Crippen LogP contribution in [0.1, 0.15) is 6.92 Å². The summed E-state index contributed by atoms with van der Waals surface area (Å²) in [6.45, 7) is 5.20. The number of rotatable bonds is 7. The minimum Gasteiger partial charge on any atom is -0.507 e. The zero-order valence-electron chi connectivity index (χ0n) is 14.6. The molecule has 8 nitrogen and oxygen atoms in total. The lowest BCUT2D eigenvalue weighted by Crippen LogP contribution is -2.21. The summed E-state index contributed by atoms with van der Waals surface area (Å²) in [6, 6.07) is 4.55. The number of H-pyrrole nitrogens is 1. The molecule has 0 radical (unpaired) electrons. The Morgan fingerprint density at radius 3 is 2.96 bits per heavy atom. The maximum atomic E-state index is 12.6. The number of benzene rings is 1. The molecule has 0 saturated carbocycles. The molecule has 1 aromatic carbocycles. The van der Waals surface area contributed by atoms with Gasteiger partial charge in [-0.15, -0.1) is 0 Å². The highest BCUT2D eigenvalue weighted by atomic mass is 35.5. The van der Waals surface area contributed by atoms with E-state index in [1.54, 1.807) is 19.1 Å². The first-order valence-electron chi connectivity index (χ1n) is 7.84. The fourth-order valence-corrected chi connectivity index (χ4v) is 2.36. The molecular formula is C18H19ClN6O2. The van der Waals surface area contributed by atoms with Crippen molar-refractivity contribution < 1.29 is 9.90 Å². The molecule has 1 aromatic heterocycles. The van der Waals surface area contributed by atoms with E-state index in [1.165, 1.54) is 18.5 Å². The number of aromatic amines is 1. The van der Waals surface area contributed by atoms with E-state index in [1.807, 2.05) is 0 Å². The quantitative estimate of drug-likeness (QED) is 0.368. The monoisotopic (exact) mass is 386 g/mol. The van der Waals surface area contributed by atoms with Gasteiger partial charge >= 0.3 is 0 Å². The Labute approximate surface area is 161 Å². The summed E-state index contributed by atoms with van der Waals surface area (Å²) in [6.07, 6.45) is 3.84. The molecule has 140 valence electrons. The number of aromatic nitrogens is 2. The number of anilines is 1. The van der Waals surface area contributed by atoms with Gasteiger partial charge in [-0.25, -0.2) is 0 Å². The van der Waals surface area contributed by atoms with E-state index in [-0.39, 0.29) is 17.9 Å². The molecule has 1 heterocycles. The molecule has 0 saturated heterocycles. The third-order valence-electron chi connectivity index (χ3n) is 3.64. The number of aliphatic imine (C=N–C) groups is 1. The number of amides is 1. The Bertz CT molecular complexity index is 945. The lowest BCUT2D eigenvalue weighted by atomic mass is 10.1. The summed E-state index contributed by atoms with van der Waals surface area (Å²) < 4.78 is 0. The normalized spacial score (nSPS) is 12.0. The van der Waals surface area contributed by atoms with Gasteiger partial charge in [-0.3, -0.25) is 14.9 Å². The molecular weight excluding hydrogens is 368 g/mol. The van der Waals surface area contributed by atoms with Crippen LogP contribution in [0.4, 0.5) is 5.69 Å². The molecule has 9 heteroatoms. The molecule has 6 N–H and O–H groups in total. The van der Waals surface area contributed by atoms with Crippen LogP contribution in [-0.4, -0.2) is 40.2 Å². The van der Waals surface area contributed by atoms with Crippen molar-refractivity contribution in [3.8, 4) is 17.0 Å². The van der Waals surface area contributed by atoms with Gasteiger partial charge in [0.25, 0.3) is 5.91 Å². The Kier molecular flexibility index (Phi) is 6.64. The first-order valence-corrected chi connectivity index (χ1v) is 8.22. The molecule has 0 atom stereocenters. The summed E-state index contributed by atoms with van der Waals surface area (Å²) in [5.74, 6) is -0.476. The highest BCUT2D eigenvalue weighted by Crippen LogP contribution is 2.34. The number of carbonyl (C=O) groups is 1. The van der Waals surface area contributed by atoms with Crippen LogP contribution >= 0.6 is 11.6 Å². The minimum absolute atomic E-state index is 0.0142. The van der Waals surface area contributed by atoms with Crippen LogP contribution in [0.3, 0.4) is 0 Å². The summed E-state index contributed by atoms with van der Waals surface area (Å²) in [5.41, 5.74) is 7.88. The van der Waals surface area contributed by atoms with Crippen LogP contribution in [0, 0.1) is 5.41 Å². The number of nitrogens with two attached hydrogens (primary N) is 1. The van der Waals surface area contributed by atoms with E-state index in [4.69, 9.17) is 22.7 Å². The van der Waals surface area contributed by atoms with Crippen molar-refractivity contribution in [2.75, 3.05) is 11.9 Å². The van der Waals surface area contributed by atoms with Gasteiger partial charge in [-0.1, -0.05) is 18.2 Å². The molecule has 0 aliphatic rings. The molecule has 0 bridgehead atoms. The van der Waals surface area contributed by atoms with Crippen molar-refractivity contribution in [1.29, 1.82) is 5.41 Å². The third-order valence-corrected chi connectivity index (χ3v) is 3.87. The number of nitrogens with zero attached hydrogens (tertiary/aromatic N) is 2. The van der Waals surface area contributed by atoms with Gasteiger partial charge < -0.3 is 21.6 Å². The van der Waals surface area contributed by atoms with Gasteiger partial charge in [0.1, 0.15) is 5.75 Å². The largest absolute Gasteiger partial charge is 0.507 e. The number of halogens is 1. The topological polar surface area (TPSA) is 140 Å². The number of phenolic OH excluding ortho intramolecular Hbond substituents is 1. The highest BCUT2D eigenvalue weighted by molar-refractivity contribution is 6.31. The minimum atomic E-state index is -0.461. The van der Waals surface area contributed by atoms with Crippen molar-refractivity contribution in [3.63, 3.8) is 0 Å². The first kappa shape index (κ1) is 20.1. The Morgan fingerprint density at radius 2 is 2.30 bits per heavy atom. The Hall–Kier alpha value is -3.23. The van der Waals surface area contributed by atoms with E-state index in [0.717, 1.165) is 6.21 Å². The van der Waals surface area contributed by atoms with Crippen LogP contribution < -0.4 is 11.1 Å². The van der Waals surface area contributed by atoms with E-state index in [9.17, 15) is 9.90 Å². The van der Waals surface area contributed by atoms with Crippen LogP contribution in [0.5, 0.6) is 5.75 Å². The second-order valence-corrected chi connectivity index (χ2v) is 5.96. The standard InChI is InChI=1S/C18H19ClN6O2/c1-10(6-20)8-22-11(2)14(7-21)18(27)24-15-9-23-25-17(15)13-5-12(19)3-4-16(13)26/h3-6,8-9,20,26H,1,7,21H2,2H3,(H,23,25)(H,24,27)/b14-11+,20-6?,22-8?. The van der Waals surface area contributed by atoms with Crippen molar-refractivity contribution in [1.82, 2.24) is 10.2 Å². The van der Waals surface area contributed by atoms with Gasteiger partial charge in [-0.2, -0.15) is 5.10 Å². The van der Waals surface area contributed by atoms with Gasteiger partial charge in [-0.05, 0) is 25.1 Å².